The molecule has 1 atom stereocenters. The van der Waals surface area contributed by atoms with Crippen LogP contribution in [0, 0.1) is 6.92 Å². The van der Waals surface area contributed by atoms with Crippen molar-refractivity contribution in [3.63, 3.8) is 0 Å². The van der Waals surface area contributed by atoms with Gasteiger partial charge < -0.3 is 5.32 Å². The van der Waals surface area contributed by atoms with Crippen molar-refractivity contribution in [3.8, 4) is 0 Å². The molecule has 1 unspecified atom stereocenters. The lowest BCUT2D eigenvalue weighted by atomic mass is 10.0. The molecule has 3 nitrogen and oxygen atoms in total. The predicted molar refractivity (Wildman–Crippen MR) is 58.3 cm³/mol. The lowest BCUT2D eigenvalue weighted by Crippen LogP contribution is -2.27. The Kier molecular flexibility index (Phi) is 3.26. The van der Waals surface area contributed by atoms with E-state index in [4.69, 9.17) is 0 Å². The van der Waals surface area contributed by atoms with Gasteiger partial charge in [-0.25, -0.2) is 0 Å². The number of aryl methyl sites for hydroxylation is 1. The van der Waals surface area contributed by atoms with Crippen LogP contribution in [0.1, 0.15) is 29.3 Å². The number of nitrogens with one attached hydrogen (secondary N) is 1. The molecule has 0 fully saturated rings. The average Bonchev–Trinajstić information content (AvgIpc) is 2.63. The van der Waals surface area contributed by atoms with Crippen LogP contribution in [-0.4, -0.2) is 16.2 Å². The van der Waals surface area contributed by atoms with E-state index in [-0.39, 0.29) is 0 Å². The molecule has 0 amide bonds. The summed E-state index contributed by atoms with van der Waals surface area (Å²) in [6.07, 6.45) is 8.29. The Bertz CT molecular complexity index is 319. The van der Waals surface area contributed by atoms with Gasteiger partial charge in [0, 0.05) is 6.04 Å². The highest BCUT2D eigenvalue weighted by atomic mass is 32.1. The van der Waals surface area contributed by atoms with Gasteiger partial charge in [-0.05, 0) is 26.2 Å². The van der Waals surface area contributed by atoms with Crippen molar-refractivity contribution >= 4 is 11.3 Å². The highest BCUT2D eigenvalue weighted by Crippen LogP contribution is 2.12. The van der Waals surface area contributed by atoms with E-state index in [9.17, 15) is 0 Å². The second-order valence-corrected chi connectivity index (χ2v) is 4.83. The summed E-state index contributed by atoms with van der Waals surface area (Å²) in [6.45, 7) is 2.84. The number of hydrogen-bond acceptors (Lipinski definition) is 4. The summed E-state index contributed by atoms with van der Waals surface area (Å²) in [7, 11) is 0. The Morgan fingerprint density at radius 3 is 3.14 bits per heavy atom. The zero-order chi connectivity index (χ0) is 9.80. The van der Waals surface area contributed by atoms with Gasteiger partial charge >= 0.3 is 0 Å². The molecule has 1 aromatic rings. The maximum absolute atomic E-state index is 4.08. The molecule has 0 aromatic carbocycles. The molecule has 1 aliphatic carbocycles. The minimum Gasteiger partial charge on any atom is -0.304 e. The van der Waals surface area contributed by atoms with E-state index in [1.54, 1.807) is 11.3 Å². The van der Waals surface area contributed by atoms with Crippen LogP contribution in [0.2, 0.25) is 0 Å². The van der Waals surface area contributed by atoms with Gasteiger partial charge in [-0.1, -0.05) is 12.2 Å². The third-order valence-electron chi connectivity index (χ3n) is 2.34. The molecule has 0 radical (unpaired) electrons. The Labute approximate surface area is 88.3 Å². The third kappa shape index (κ3) is 2.62. The third-order valence-corrected chi connectivity index (χ3v) is 3.18. The summed E-state index contributed by atoms with van der Waals surface area (Å²) >= 11 is 1.67. The van der Waals surface area contributed by atoms with Crippen molar-refractivity contribution in [2.24, 2.45) is 0 Å². The predicted octanol–water partition coefficient (Wildman–Crippen LogP) is 2.04. The Morgan fingerprint density at radius 1 is 1.57 bits per heavy atom. The highest BCUT2D eigenvalue weighted by Gasteiger charge is 2.08. The number of hydrogen-bond donors (Lipinski definition) is 1. The fourth-order valence-corrected chi connectivity index (χ4v) is 2.27. The molecule has 0 bridgehead atoms. The van der Waals surface area contributed by atoms with Crippen LogP contribution in [0.3, 0.4) is 0 Å². The smallest absolute Gasteiger partial charge is 0.131 e. The quantitative estimate of drug-likeness (QED) is 0.774. The number of rotatable bonds is 3. The summed E-state index contributed by atoms with van der Waals surface area (Å²) in [6, 6.07) is 0.535. The van der Waals surface area contributed by atoms with Gasteiger partial charge in [-0.15, -0.1) is 21.5 Å². The van der Waals surface area contributed by atoms with Gasteiger partial charge in [0.1, 0.15) is 10.0 Å². The molecular weight excluding hydrogens is 194 g/mol. The lowest BCUT2D eigenvalue weighted by molar-refractivity contribution is 0.520. The first-order valence-electron chi connectivity index (χ1n) is 5.03. The zero-order valence-corrected chi connectivity index (χ0v) is 9.18. The fraction of sp³-hybridized carbons (Fsp3) is 0.600. The molecule has 1 aromatic heterocycles. The molecular formula is C10H15N3S. The van der Waals surface area contributed by atoms with Gasteiger partial charge in [-0.2, -0.15) is 0 Å². The van der Waals surface area contributed by atoms with Gasteiger partial charge in [0.15, 0.2) is 0 Å². The van der Waals surface area contributed by atoms with Crippen molar-refractivity contribution in [3.05, 3.63) is 22.2 Å². The minimum absolute atomic E-state index is 0.535. The van der Waals surface area contributed by atoms with E-state index >= 15 is 0 Å². The van der Waals surface area contributed by atoms with Crippen LogP contribution in [0.5, 0.6) is 0 Å². The Balaban J connectivity index is 1.82. The van der Waals surface area contributed by atoms with Crippen molar-refractivity contribution in [2.75, 3.05) is 0 Å². The molecule has 0 saturated carbocycles. The molecule has 0 spiro atoms. The fourth-order valence-electron chi connectivity index (χ4n) is 1.61. The number of allylic oxidation sites excluding steroid dienone is 1. The molecule has 1 heterocycles. The zero-order valence-electron chi connectivity index (χ0n) is 8.36. The first kappa shape index (κ1) is 9.80. The van der Waals surface area contributed by atoms with Gasteiger partial charge in [0.25, 0.3) is 0 Å². The Morgan fingerprint density at radius 2 is 2.50 bits per heavy atom. The summed E-state index contributed by atoms with van der Waals surface area (Å²) < 4.78 is 0. The molecule has 14 heavy (non-hydrogen) atoms. The Hall–Kier alpha value is -0.740. The minimum atomic E-state index is 0.535. The average molecular weight is 209 g/mol. The van der Waals surface area contributed by atoms with Gasteiger partial charge in [0.2, 0.25) is 0 Å². The van der Waals surface area contributed by atoms with Crippen LogP contribution < -0.4 is 5.32 Å². The van der Waals surface area contributed by atoms with E-state index in [0.717, 1.165) is 16.6 Å². The van der Waals surface area contributed by atoms with E-state index in [1.807, 2.05) is 6.92 Å². The lowest BCUT2D eigenvalue weighted by Gasteiger charge is -2.16. The van der Waals surface area contributed by atoms with Crippen LogP contribution in [0.15, 0.2) is 12.2 Å². The highest BCUT2D eigenvalue weighted by molar-refractivity contribution is 7.11. The van der Waals surface area contributed by atoms with Crippen molar-refractivity contribution in [1.82, 2.24) is 15.5 Å². The molecule has 2 rings (SSSR count). The van der Waals surface area contributed by atoms with Crippen LogP contribution in [0.4, 0.5) is 0 Å². The molecule has 76 valence electrons. The largest absolute Gasteiger partial charge is 0.304 e. The normalized spacial score (nSPS) is 21.4. The van der Waals surface area contributed by atoms with Crippen molar-refractivity contribution < 1.29 is 0 Å². The SMILES string of the molecule is Cc1nnc(CNC2C=CCCC2)s1. The summed E-state index contributed by atoms with van der Waals surface area (Å²) in [5, 5.41) is 13.7. The van der Waals surface area contributed by atoms with Crippen molar-refractivity contribution in [1.29, 1.82) is 0 Å². The molecule has 4 heteroatoms. The monoisotopic (exact) mass is 209 g/mol. The van der Waals surface area contributed by atoms with E-state index in [2.05, 4.69) is 27.7 Å². The van der Waals surface area contributed by atoms with E-state index < -0.39 is 0 Å². The maximum atomic E-state index is 4.08. The van der Waals surface area contributed by atoms with Gasteiger partial charge in [0.05, 0.1) is 6.54 Å². The molecule has 1 aliphatic rings. The second-order valence-electron chi connectivity index (χ2n) is 3.56. The van der Waals surface area contributed by atoms with Crippen LogP contribution in [0.25, 0.3) is 0 Å². The van der Waals surface area contributed by atoms with Crippen LogP contribution in [-0.2, 0) is 6.54 Å². The number of aromatic nitrogens is 2. The van der Waals surface area contributed by atoms with E-state index in [0.29, 0.717) is 6.04 Å². The van der Waals surface area contributed by atoms with Crippen LogP contribution >= 0.6 is 11.3 Å². The topological polar surface area (TPSA) is 37.8 Å². The number of nitrogens with zero attached hydrogens (tertiary/aromatic N) is 2. The molecule has 1 N–H and O–H groups in total. The maximum Gasteiger partial charge on any atom is 0.131 e. The second kappa shape index (κ2) is 4.66. The van der Waals surface area contributed by atoms with Crippen molar-refractivity contribution in [2.45, 2.75) is 38.8 Å². The molecule has 0 aliphatic heterocycles. The van der Waals surface area contributed by atoms with Gasteiger partial charge in [-0.3, -0.25) is 0 Å². The molecule has 0 saturated heterocycles. The standard InChI is InChI=1S/C10H15N3S/c1-8-12-13-10(14-8)7-11-9-5-3-2-4-6-9/h3,5,9,11H,2,4,6-7H2,1H3. The summed E-state index contributed by atoms with van der Waals surface area (Å²) in [4.78, 5) is 0. The first-order valence-corrected chi connectivity index (χ1v) is 5.85. The summed E-state index contributed by atoms with van der Waals surface area (Å²) in [5.74, 6) is 0. The van der Waals surface area contributed by atoms with E-state index in [1.165, 1.54) is 19.3 Å². The first-order chi connectivity index (χ1) is 6.84. The summed E-state index contributed by atoms with van der Waals surface area (Å²) in [5.41, 5.74) is 0.